The first-order valence-corrected chi connectivity index (χ1v) is 9.58. The number of nitrogens with zero attached hydrogens (tertiary/aromatic N) is 3. The predicted molar refractivity (Wildman–Crippen MR) is 103 cm³/mol. The number of piperidine rings is 1. The number of carbonyl (C=O) groups is 3. The highest BCUT2D eigenvalue weighted by molar-refractivity contribution is 6.08. The van der Waals surface area contributed by atoms with Crippen LogP contribution in [-0.4, -0.2) is 71.7 Å². The highest BCUT2D eigenvalue weighted by atomic mass is 16.7. The molecule has 0 aromatic heterocycles. The molecule has 0 unspecified atom stereocenters. The second-order valence-electron chi connectivity index (χ2n) is 7.91. The number of likely N-dealkylation sites (N-methyl/N-ethyl adjacent to an activating group) is 1. The summed E-state index contributed by atoms with van der Waals surface area (Å²) in [5.74, 6) is 0.261. The lowest BCUT2D eigenvalue weighted by atomic mass is 9.86. The lowest BCUT2D eigenvalue weighted by molar-refractivity contribution is -0.156. The molecule has 154 valence electrons. The number of urea groups is 1. The van der Waals surface area contributed by atoms with Crippen LogP contribution < -0.4 is 10.1 Å². The number of hydrogen-bond acceptors (Lipinski definition) is 6. The highest BCUT2D eigenvalue weighted by Gasteiger charge is 2.53. The van der Waals surface area contributed by atoms with Crippen molar-refractivity contribution < 1.29 is 24.0 Å². The number of nitrogens with one attached hydrogen (secondary N) is 1. The topological polar surface area (TPSA) is 101 Å². The van der Waals surface area contributed by atoms with Gasteiger partial charge < -0.3 is 19.8 Å². The summed E-state index contributed by atoms with van der Waals surface area (Å²) in [6, 6.07) is 7.07. The number of hydrogen-bond donors (Lipinski definition) is 1. The second kappa shape index (κ2) is 6.75. The summed E-state index contributed by atoms with van der Waals surface area (Å²) in [7, 11) is 3.05. The third-order valence-corrected chi connectivity index (χ3v) is 6.00. The van der Waals surface area contributed by atoms with Crippen LogP contribution in [0.15, 0.2) is 29.4 Å². The molecule has 4 rings (SSSR count). The average molecular weight is 400 g/mol. The van der Waals surface area contributed by atoms with E-state index in [9.17, 15) is 14.4 Å². The Morgan fingerprint density at radius 1 is 1.24 bits per heavy atom. The number of para-hydroxylation sites is 1. The number of rotatable bonds is 3. The largest absolute Gasteiger partial charge is 0.496 e. The minimum absolute atomic E-state index is 0.175. The number of methoxy groups -OCH3 is 1. The van der Waals surface area contributed by atoms with Crippen molar-refractivity contribution in [3.63, 3.8) is 0 Å². The fourth-order valence-electron chi connectivity index (χ4n) is 4.20. The van der Waals surface area contributed by atoms with Gasteiger partial charge in [0.2, 0.25) is 5.60 Å². The molecule has 0 bridgehead atoms. The van der Waals surface area contributed by atoms with E-state index in [-0.39, 0.29) is 11.8 Å². The fourth-order valence-corrected chi connectivity index (χ4v) is 4.20. The quantitative estimate of drug-likeness (QED) is 0.767. The van der Waals surface area contributed by atoms with Crippen LogP contribution in [0.2, 0.25) is 0 Å². The Labute approximate surface area is 168 Å². The van der Waals surface area contributed by atoms with Crippen LogP contribution in [0.5, 0.6) is 5.75 Å². The van der Waals surface area contributed by atoms with E-state index in [1.54, 1.807) is 18.9 Å². The molecule has 3 aliphatic rings. The zero-order valence-electron chi connectivity index (χ0n) is 16.7. The van der Waals surface area contributed by atoms with Crippen molar-refractivity contribution in [3.05, 3.63) is 29.8 Å². The molecule has 0 aliphatic carbocycles. The first kappa shape index (κ1) is 19.2. The Morgan fingerprint density at radius 2 is 1.93 bits per heavy atom. The zero-order valence-corrected chi connectivity index (χ0v) is 16.7. The maximum atomic E-state index is 13.2. The molecule has 0 saturated carbocycles. The molecule has 29 heavy (non-hydrogen) atoms. The van der Waals surface area contributed by atoms with Crippen LogP contribution in [0.1, 0.15) is 31.7 Å². The van der Waals surface area contributed by atoms with Crippen molar-refractivity contribution >= 4 is 23.6 Å². The molecular weight excluding hydrogens is 376 g/mol. The van der Waals surface area contributed by atoms with E-state index in [4.69, 9.17) is 9.57 Å². The molecular formula is C20H24N4O5. The Bertz CT molecular complexity index is 906. The molecule has 1 aromatic carbocycles. The summed E-state index contributed by atoms with van der Waals surface area (Å²) in [4.78, 5) is 45.8. The maximum absolute atomic E-state index is 13.2. The Hall–Kier alpha value is -3.10. The highest BCUT2D eigenvalue weighted by Crippen LogP contribution is 2.34. The SMILES string of the molecule is COc1ccccc1C1=NO[C@@](C)(C(=O)N2CCC3(CC2)NC(=O)N(C)C3=O)C1. The van der Waals surface area contributed by atoms with Gasteiger partial charge in [-0.15, -0.1) is 0 Å². The predicted octanol–water partition coefficient (Wildman–Crippen LogP) is 1.12. The first-order chi connectivity index (χ1) is 13.8. The molecule has 1 spiro atoms. The van der Waals surface area contributed by atoms with E-state index < -0.39 is 17.2 Å². The van der Waals surface area contributed by atoms with Crippen LogP contribution in [0.25, 0.3) is 0 Å². The van der Waals surface area contributed by atoms with Crippen molar-refractivity contribution in [3.8, 4) is 5.75 Å². The summed E-state index contributed by atoms with van der Waals surface area (Å²) in [6.45, 7) is 2.45. The van der Waals surface area contributed by atoms with Gasteiger partial charge in [0.1, 0.15) is 11.3 Å². The van der Waals surface area contributed by atoms with Gasteiger partial charge >= 0.3 is 6.03 Å². The van der Waals surface area contributed by atoms with Crippen molar-refractivity contribution in [2.75, 3.05) is 27.2 Å². The van der Waals surface area contributed by atoms with Crippen molar-refractivity contribution in [1.29, 1.82) is 0 Å². The molecule has 9 nitrogen and oxygen atoms in total. The number of imide groups is 1. The minimum atomic E-state index is -1.11. The van der Waals surface area contributed by atoms with Gasteiger partial charge in [-0.3, -0.25) is 14.5 Å². The van der Waals surface area contributed by atoms with Gasteiger partial charge in [0.25, 0.3) is 11.8 Å². The van der Waals surface area contributed by atoms with Gasteiger partial charge in [-0.25, -0.2) is 4.79 Å². The maximum Gasteiger partial charge on any atom is 0.324 e. The van der Waals surface area contributed by atoms with Gasteiger partial charge in [0.15, 0.2) is 0 Å². The van der Waals surface area contributed by atoms with Crippen LogP contribution >= 0.6 is 0 Å². The zero-order chi connectivity index (χ0) is 20.8. The first-order valence-electron chi connectivity index (χ1n) is 9.58. The standard InChI is InChI=1S/C20H24N4O5/c1-19(12-14(22-29-19)13-6-4-5-7-15(13)28-3)16(25)24-10-8-20(9-11-24)17(26)23(2)18(27)21-20/h4-7H,8-12H2,1-3H3,(H,21,27)/t19-/m1/s1. The van der Waals surface area contributed by atoms with Gasteiger partial charge in [0.05, 0.1) is 12.8 Å². The summed E-state index contributed by atoms with van der Waals surface area (Å²) >= 11 is 0. The smallest absolute Gasteiger partial charge is 0.324 e. The van der Waals surface area contributed by atoms with Crippen molar-refractivity contribution in [1.82, 2.24) is 15.1 Å². The molecule has 2 saturated heterocycles. The summed E-state index contributed by atoms with van der Waals surface area (Å²) < 4.78 is 5.38. The third-order valence-electron chi connectivity index (χ3n) is 6.00. The average Bonchev–Trinajstić information content (AvgIpc) is 3.23. The van der Waals surface area contributed by atoms with E-state index in [0.717, 1.165) is 10.5 Å². The Morgan fingerprint density at radius 3 is 2.55 bits per heavy atom. The van der Waals surface area contributed by atoms with Crippen LogP contribution in [-0.2, 0) is 14.4 Å². The summed E-state index contributed by atoms with van der Waals surface area (Å²) in [6.07, 6.45) is 1.08. The number of amides is 4. The van der Waals surface area contributed by atoms with Crippen molar-refractivity contribution in [2.45, 2.75) is 37.3 Å². The molecule has 4 amide bonds. The third kappa shape index (κ3) is 3.01. The van der Waals surface area contributed by atoms with E-state index in [0.29, 0.717) is 43.8 Å². The molecule has 3 heterocycles. The van der Waals surface area contributed by atoms with Crippen LogP contribution in [0.4, 0.5) is 4.79 Å². The lowest BCUT2D eigenvalue weighted by Crippen LogP contribution is -2.58. The molecule has 3 aliphatic heterocycles. The van der Waals surface area contributed by atoms with E-state index in [1.165, 1.54) is 7.05 Å². The molecule has 0 radical (unpaired) electrons. The molecule has 1 aromatic rings. The van der Waals surface area contributed by atoms with E-state index in [1.807, 2.05) is 24.3 Å². The number of likely N-dealkylation sites (tertiary alicyclic amines) is 1. The lowest BCUT2D eigenvalue weighted by Gasteiger charge is -2.39. The van der Waals surface area contributed by atoms with E-state index in [2.05, 4.69) is 10.5 Å². The summed E-state index contributed by atoms with van der Waals surface area (Å²) in [5, 5.41) is 6.94. The number of carbonyl (C=O) groups excluding carboxylic acids is 3. The molecule has 1 atom stereocenters. The molecule has 2 fully saturated rings. The van der Waals surface area contributed by atoms with Gasteiger partial charge in [0, 0.05) is 32.1 Å². The second-order valence-corrected chi connectivity index (χ2v) is 7.91. The monoisotopic (exact) mass is 400 g/mol. The van der Waals surface area contributed by atoms with Gasteiger partial charge in [-0.1, -0.05) is 17.3 Å². The fraction of sp³-hybridized carbons (Fsp3) is 0.500. The Balaban J connectivity index is 1.44. The normalized spacial score (nSPS) is 25.7. The number of ether oxygens (including phenoxy) is 1. The summed E-state index contributed by atoms with van der Waals surface area (Å²) in [5.41, 5.74) is -0.558. The van der Waals surface area contributed by atoms with Gasteiger partial charge in [-0.2, -0.15) is 0 Å². The van der Waals surface area contributed by atoms with Crippen LogP contribution in [0, 0.1) is 0 Å². The van der Waals surface area contributed by atoms with E-state index >= 15 is 0 Å². The Kier molecular flexibility index (Phi) is 4.48. The molecule has 9 heteroatoms. The van der Waals surface area contributed by atoms with Gasteiger partial charge in [-0.05, 0) is 31.9 Å². The minimum Gasteiger partial charge on any atom is -0.496 e. The number of benzene rings is 1. The number of oxime groups is 1. The van der Waals surface area contributed by atoms with Crippen LogP contribution in [0.3, 0.4) is 0 Å². The molecule has 1 N–H and O–H groups in total. The van der Waals surface area contributed by atoms with Crippen molar-refractivity contribution in [2.24, 2.45) is 5.16 Å².